The van der Waals surface area contributed by atoms with Crippen LogP contribution in [0.5, 0.6) is 0 Å². The van der Waals surface area contributed by atoms with Gasteiger partial charge in [-0.1, -0.05) is 41.4 Å². The zero-order valence-corrected chi connectivity index (χ0v) is 17.3. The molecule has 1 aromatic carbocycles. The fourth-order valence-electron chi connectivity index (χ4n) is 2.73. The first-order valence-corrected chi connectivity index (χ1v) is 9.75. The zero-order valence-electron chi connectivity index (χ0n) is 15.8. The lowest BCUT2D eigenvalue weighted by atomic mass is 10.1. The summed E-state index contributed by atoms with van der Waals surface area (Å²) in [6, 6.07) is 9.05. The Bertz CT molecular complexity index is 1070. The lowest BCUT2D eigenvalue weighted by Gasteiger charge is -2.07. The summed E-state index contributed by atoms with van der Waals surface area (Å²) in [7, 11) is 0. The number of benzene rings is 1. The normalized spacial score (nSPS) is 11.0. The lowest BCUT2D eigenvalue weighted by Crippen LogP contribution is -2.25. The van der Waals surface area contributed by atoms with Gasteiger partial charge < -0.3 is 11.1 Å². The Morgan fingerprint density at radius 3 is 2.76 bits per heavy atom. The second kappa shape index (κ2) is 9.54. The van der Waals surface area contributed by atoms with Crippen LogP contribution < -0.4 is 11.1 Å². The first-order valence-electron chi connectivity index (χ1n) is 9.00. The Kier molecular flexibility index (Phi) is 6.86. The van der Waals surface area contributed by atoms with Crippen LogP contribution in [0.25, 0.3) is 12.2 Å². The molecule has 0 aliphatic carbocycles. The lowest BCUT2D eigenvalue weighted by molar-refractivity contribution is 0.0953. The predicted octanol–water partition coefficient (Wildman–Crippen LogP) is 4.82. The van der Waals surface area contributed by atoms with Gasteiger partial charge >= 0.3 is 0 Å². The van der Waals surface area contributed by atoms with Gasteiger partial charge in [-0.05, 0) is 54.3 Å². The van der Waals surface area contributed by atoms with Crippen molar-refractivity contribution in [1.29, 1.82) is 0 Å². The highest BCUT2D eigenvalue weighted by Crippen LogP contribution is 2.21. The monoisotopic (exact) mass is 426 g/mol. The number of halogens is 2. The SMILES string of the molecule is Cc1cnc(N)c(/C=C/c2cncc(C(=O)NCCc3ccc(Cl)cc3Cl)c2)c1. The molecule has 2 heterocycles. The molecule has 5 nitrogen and oxygen atoms in total. The van der Waals surface area contributed by atoms with E-state index < -0.39 is 0 Å². The summed E-state index contributed by atoms with van der Waals surface area (Å²) in [5, 5.41) is 4.06. The number of pyridine rings is 2. The van der Waals surface area contributed by atoms with E-state index in [2.05, 4.69) is 15.3 Å². The number of carbonyl (C=O) groups is 1. The van der Waals surface area contributed by atoms with E-state index in [-0.39, 0.29) is 5.91 Å². The van der Waals surface area contributed by atoms with Crippen molar-refractivity contribution in [3.8, 4) is 0 Å². The number of nitrogens with zero attached hydrogens (tertiary/aromatic N) is 2. The molecule has 2 aromatic heterocycles. The summed E-state index contributed by atoms with van der Waals surface area (Å²) in [5.41, 5.74) is 9.93. The van der Waals surface area contributed by atoms with Gasteiger partial charge in [0.25, 0.3) is 5.91 Å². The Labute approximate surface area is 179 Å². The van der Waals surface area contributed by atoms with E-state index in [9.17, 15) is 4.79 Å². The Balaban J connectivity index is 1.63. The second-order valence-corrected chi connectivity index (χ2v) is 7.41. The molecule has 0 aliphatic heterocycles. The third-order valence-corrected chi connectivity index (χ3v) is 4.85. The Morgan fingerprint density at radius 2 is 1.97 bits per heavy atom. The van der Waals surface area contributed by atoms with Crippen LogP contribution in [0, 0.1) is 6.92 Å². The summed E-state index contributed by atoms with van der Waals surface area (Å²) in [6.07, 6.45) is 9.25. The third-order valence-electron chi connectivity index (χ3n) is 4.26. The average molecular weight is 427 g/mol. The van der Waals surface area contributed by atoms with Crippen LogP contribution in [0.4, 0.5) is 5.82 Å². The molecule has 0 radical (unpaired) electrons. The highest BCUT2D eigenvalue weighted by molar-refractivity contribution is 6.35. The molecule has 0 fully saturated rings. The molecular formula is C22H20Cl2N4O. The molecule has 0 bridgehead atoms. The fraction of sp³-hybridized carbons (Fsp3) is 0.136. The summed E-state index contributed by atoms with van der Waals surface area (Å²) < 4.78 is 0. The van der Waals surface area contributed by atoms with Gasteiger partial charge in [-0.3, -0.25) is 9.78 Å². The van der Waals surface area contributed by atoms with Crippen LogP contribution >= 0.6 is 23.2 Å². The number of rotatable bonds is 6. The minimum absolute atomic E-state index is 0.199. The molecule has 0 saturated carbocycles. The molecular weight excluding hydrogens is 407 g/mol. The van der Waals surface area contributed by atoms with E-state index in [0.717, 1.165) is 22.3 Å². The van der Waals surface area contributed by atoms with E-state index in [4.69, 9.17) is 28.9 Å². The molecule has 29 heavy (non-hydrogen) atoms. The Morgan fingerprint density at radius 1 is 1.14 bits per heavy atom. The van der Waals surface area contributed by atoms with Crippen molar-refractivity contribution in [2.75, 3.05) is 12.3 Å². The largest absolute Gasteiger partial charge is 0.383 e. The van der Waals surface area contributed by atoms with Crippen LogP contribution in [0.15, 0.2) is 48.9 Å². The quantitative estimate of drug-likeness (QED) is 0.591. The number of carbonyl (C=O) groups excluding carboxylic acids is 1. The van der Waals surface area contributed by atoms with Crippen LogP contribution in [-0.4, -0.2) is 22.4 Å². The molecule has 0 saturated heterocycles. The maximum Gasteiger partial charge on any atom is 0.252 e. The number of nitrogens with two attached hydrogens (primary N) is 1. The third kappa shape index (κ3) is 5.79. The van der Waals surface area contributed by atoms with Gasteiger partial charge in [0.2, 0.25) is 0 Å². The molecule has 7 heteroatoms. The smallest absolute Gasteiger partial charge is 0.252 e. The van der Waals surface area contributed by atoms with Crippen molar-refractivity contribution >= 4 is 47.1 Å². The van der Waals surface area contributed by atoms with Crippen LogP contribution in [-0.2, 0) is 6.42 Å². The maximum absolute atomic E-state index is 12.4. The molecule has 3 N–H and O–H groups in total. The van der Waals surface area contributed by atoms with Gasteiger partial charge in [0.05, 0.1) is 5.56 Å². The van der Waals surface area contributed by atoms with E-state index in [1.165, 1.54) is 6.20 Å². The molecule has 3 aromatic rings. The topological polar surface area (TPSA) is 80.9 Å². The van der Waals surface area contributed by atoms with Crippen molar-refractivity contribution in [3.05, 3.63) is 86.8 Å². The van der Waals surface area contributed by atoms with E-state index in [0.29, 0.717) is 34.4 Å². The van der Waals surface area contributed by atoms with Crippen molar-refractivity contribution in [1.82, 2.24) is 15.3 Å². The molecule has 1 amide bonds. The van der Waals surface area contributed by atoms with Gasteiger partial charge in [-0.2, -0.15) is 0 Å². The first-order chi connectivity index (χ1) is 13.9. The number of amides is 1. The van der Waals surface area contributed by atoms with Crippen molar-refractivity contribution < 1.29 is 4.79 Å². The molecule has 0 aliphatic rings. The van der Waals surface area contributed by atoms with Crippen LogP contribution in [0.1, 0.15) is 32.6 Å². The fourth-order valence-corrected chi connectivity index (χ4v) is 3.24. The summed E-state index contributed by atoms with van der Waals surface area (Å²) >= 11 is 12.1. The van der Waals surface area contributed by atoms with Crippen LogP contribution in [0.3, 0.4) is 0 Å². The number of nitrogen functional groups attached to an aromatic ring is 1. The van der Waals surface area contributed by atoms with E-state index in [1.54, 1.807) is 30.6 Å². The average Bonchev–Trinajstić information content (AvgIpc) is 2.70. The summed E-state index contributed by atoms with van der Waals surface area (Å²) in [5.74, 6) is 0.254. The number of nitrogens with one attached hydrogen (secondary N) is 1. The highest BCUT2D eigenvalue weighted by atomic mass is 35.5. The first kappa shape index (κ1) is 20.8. The number of hydrogen-bond donors (Lipinski definition) is 2. The number of aryl methyl sites for hydroxylation is 1. The molecule has 0 spiro atoms. The molecule has 0 unspecified atom stereocenters. The second-order valence-electron chi connectivity index (χ2n) is 6.57. The molecule has 3 rings (SSSR count). The van der Waals surface area contributed by atoms with Gasteiger partial charge in [-0.25, -0.2) is 4.98 Å². The standard InChI is InChI=1S/C22H20Cl2N4O/c1-14-8-17(21(25)28-11-14)3-2-15-9-18(13-26-12-15)22(29)27-7-6-16-4-5-19(23)10-20(16)24/h2-5,8-13H,6-7H2,1H3,(H2,25,28)(H,27,29)/b3-2+. The maximum atomic E-state index is 12.4. The Hall–Kier alpha value is -2.89. The van der Waals surface area contributed by atoms with Gasteiger partial charge in [-0.15, -0.1) is 0 Å². The van der Waals surface area contributed by atoms with Crippen molar-refractivity contribution in [2.45, 2.75) is 13.3 Å². The molecule has 148 valence electrons. The number of aromatic nitrogens is 2. The van der Waals surface area contributed by atoms with Crippen molar-refractivity contribution in [3.63, 3.8) is 0 Å². The van der Waals surface area contributed by atoms with Crippen molar-refractivity contribution in [2.24, 2.45) is 0 Å². The highest BCUT2D eigenvalue weighted by Gasteiger charge is 2.07. The van der Waals surface area contributed by atoms with E-state index >= 15 is 0 Å². The van der Waals surface area contributed by atoms with Gasteiger partial charge in [0.15, 0.2) is 0 Å². The number of anilines is 1. The molecule has 0 atom stereocenters. The number of hydrogen-bond acceptors (Lipinski definition) is 4. The summed E-state index contributed by atoms with van der Waals surface area (Å²) in [4.78, 5) is 20.7. The van der Waals surface area contributed by atoms with E-state index in [1.807, 2.05) is 31.2 Å². The minimum atomic E-state index is -0.199. The minimum Gasteiger partial charge on any atom is -0.383 e. The van der Waals surface area contributed by atoms with Gasteiger partial charge in [0.1, 0.15) is 5.82 Å². The summed E-state index contributed by atoms with van der Waals surface area (Å²) in [6.45, 7) is 2.40. The predicted molar refractivity (Wildman–Crippen MR) is 119 cm³/mol. The van der Waals surface area contributed by atoms with Crippen LogP contribution in [0.2, 0.25) is 10.0 Å². The van der Waals surface area contributed by atoms with Gasteiger partial charge in [0, 0.05) is 40.7 Å². The zero-order chi connectivity index (χ0) is 20.8.